The van der Waals surface area contributed by atoms with Crippen LogP contribution in [0.4, 0.5) is 23.1 Å². The molecule has 29 heavy (non-hydrogen) atoms. The fourth-order valence-electron chi connectivity index (χ4n) is 4.03. The number of nitrogens with zero attached hydrogens (tertiary/aromatic N) is 5. The first kappa shape index (κ1) is 18.1. The lowest BCUT2D eigenvalue weighted by Gasteiger charge is -2.32. The SMILES string of the molecule is N[C@@H]1CCCN(c2nc(Nc3ccc(N4CCOCC4)cc3)nc3[nH]ncc23)C1. The number of aromatic amines is 1. The van der Waals surface area contributed by atoms with Crippen molar-refractivity contribution in [2.24, 2.45) is 5.73 Å². The van der Waals surface area contributed by atoms with Crippen LogP contribution in [0.5, 0.6) is 0 Å². The van der Waals surface area contributed by atoms with Gasteiger partial charge in [0.2, 0.25) is 5.95 Å². The van der Waals surface area contributed by atoms with Crippen LogP contribution in [0.25, 0.3) is 11.0 Å². The zero-order chi connectivity index (χ0) is 19.6. The minimum absolute atomic E-state index is 0.171. The molecule has 2 fully saturated rings. The van der Waals surface area contributed by atoms with E-state index in [1.54, 1.807) is 6.20 Å². The first-order valence-corrected chi connectivity index (χ1v) is 10.2. The van der Waals surface area contributed by atoms with Gasteiger partial charge >= 0.3 is 0 Å². The van der Waals surface area contributed by atoms with Crippen molar-refractivity contribution >= 4 is 34.2 Å². The summed E-state index contributed by atoms with van der Waals surface area (Å²) in [6.45, 7) is 5.15. The highest BCUT2D eigenvalue weighted by Gasteiger charge is 2.22. The molecule has 0 amide bonds. The van der Waals surface area contributed by atoms with Gasteiger partial charge in [-0.25, -0.2) is 0 Å². The number of rotatable bonds is 4. The Hall–Kier alpha value is -2.91. The van der Waals surface area contributed by atoms with Crippen molar-refractivity contribution in [1.29, 1.82) is 0 Å². The molecule has 152 valence electrons. The third kappa shape index (κ3) is 3.83. The lowest BCUT2D eigenvalue weighted by Crippen LogP contribution is -2.43. The monoisotopic (exact) mass is 394 g/mol. The fourth-order valence-corrected chi connectivity index (χ4v) is 4.03. The van der Waals surface area contributed by atoms with Crippen LogP contribution in [0.3, 0.4) is 0 Å². The van der Waals surface area contributed by atoms with Crippen LogP contribution in [-0.4, -0.2) is 65.6 Å². The minimum Gasteiger partial charge on any atom is -0.378 e. The third-order valence-corrected chi connectivity index (χ3v) is 5.55. The summed E-state index contributed by atoms with van der Waals surface area (Å²) in [7, 11) is 0. The van der Waals surface area contributed by atoms with E-state index in [1.165, 1.54) is 5.69 Å². The van der Waals surface area contributed by atoms with Gasteiger partial charge in [-0.15, -0.1) is 0 Å². The van der Waals surface area contributed by atoms with E-state index in [9.17, 15) is 0 Å². The number of H-pyrrole nitrogens is 1. The summed E-state index contributed by atoms with van der Waals surface area (Å²) in [5.41, 5.74) is 9.05. The largest absolute Gasteiger partial charge is 0.378 e. The Balaban J connectivity index is 1.39. The predicted octanol–water partition coefficient (Wildman–Crippen LogP) is 1.86. The number of hydrogen-bond acceptors (Lipinski definition) is 8. The van der Waals surface area contributed by atoms with Gasteiger partial charge in [0, 0.05) is 43.6 Å². The summed E-state index contributed by atoms with van der Waals surface area (Å²) in [6, 6.07) is 8.52. The smallest absolute Gasteiger partial charge is 0.231 e. The molecule has 1 atom stereocenters. The summed E-state index contributed by atoms with van der Waals surface area (Å²) < 4.78 is 5.43. The second kappa shape index (κ2) is 7.84. The Labute approximate surface area is 169 Å². The van der Waals surface area contributed by atoms with Crippen LogP contribution < -0.4 is 20.9 Å². The van der Waals surface area contributed by atoms with E-state index in [2.05, 4.69) is 54.6 Å². The lowest BCUT2D eigenvalue weighted by molar-refractivity contribution is 0.122. The number of nitrogens with two attached hydrogens (primary N) is 1. The third-order valence-electron chi connectivity index (χ3n) is 5.55. The second-order valence-electron chi connectivity index (χ2n) is 7.62. The Morgan fingerprint density at radius 3 is 2.69 bits per heavy atom. The molecule has 0 radical (unpaired) electrons. The van der Waals surface area contributed by atoms with Gasteiger partial charge in [-0.1, -0.05) is 0 Å². The molecule has 4 N–H and O–H groups in total. The molecule has 1 aromatic carbocycles. The van der Waals surface area contributed by atoms with E-state index in [-0.39, 0.29) is 6.04 Å². The van der Waals surface area contributed by atoms with Crippen LogP contribution in [-0.2, 0) is 4.74 Å². The summed E-state index contributed by atoms with van der Waals surface area (Å²) in [4.78, 5) is 14.0. The van der Waals surface area contributed by atoms with E-state index in [0.717, 1.165) is 74.8 Å². The Morgan fingerprint density at radius 1 is 1.07 bits per heavy atom. The molecule has 4 heterocycles. The zero-order valence-electron chi connectivity index (χ0n) is 16.3. The number of morpholine rings is 1. The summed E-state index contributed by atoms with van der Waals surface area (Å²) in [6.07, 6.45) is 3.90. The highest BCUT2D eigenvalue weighted by atomic mass is 16.5. The second-order valence-corrected chi connectivity index (χ2v) is 7.62. The normalized spacial score (nSPS) is 20.2. The maximum absolute atomic E-state index is 6.18. The number of aromatic nitrogens is 4. The topological polar surface area (TPSA) is 108 Å². The van der Waals surface area contributed by atoms with Crippen LogP contribution in [0, 0.1) is 0 Å². The molecule has 2 aliphatic heterocycles. The number of ether oxygens (including phenoxy) is 1. The standard InChI is InChI=1S/C20H26N8O/c21-14-2-1-7-28(13-14)19-17-12-22-26-18(17)24-20(25-19)23-15-3-5-16(6-4-15)27-8-10-29-11-9-27/h3-6,12,14H,1-2,7-11,13,21H2,(H2,22,23,24,25,26)/t14-/m1/s1. The van der Waals surface area contributed by atoms with Gasteiger partial charge in [0.1, 0.15) is 5.82 Å². The van der Waals surface area contributed by atoms with Crippen LogP contribution >= 0.6 is 0 Å². The van der Waals surface area contributed by atoms with Crippen LogP contribution in [0.2, 0.25) is 0 Å². The van der Waals surface area contributed by atoms with Crippen molar-refractivity contribution in [3.05, 3.63) is 30.5 Å². The number of anilines is 4. The molecule has 2 aromatic heterocycles. The molecular weight excluding hydrogens is 368 g/mol. The number of nitrogens with one attached hydrogen (secondary N) is 2. The Morgan fingerprint density at radius 2 is 1.90 bits per heavy atom. The van der Waals surface area contributed by atoms with Crippen molar-refractivity contribution in [2.45, 2.75) is 18.9 Å². The molecule has 0 aliphatic carbocycles. The lowest BCUT2D eigenvalue weighted by atomic mass is 10.1. The number of hydrogen-bond donors (Lipinski definition) is 3. The fraction of sp³-hybridized carbons (Fsp3) is 0.450. The van der Waals surface area contributed by atoms with E-state index in [0.29, 0.717) is 5.95 Å². The highest BCUT2D eigenvalue weighted by Crippen LogP contribution is 2.28. The van der Waals surface area contributed by atoms with Crippen molar-refractivity contribution in [3.8, 4) is 0 Å². The van der Waals surface area contributed by atoms with E-state index in [1.807, 2.05) is 0 Å². The molecule has 9 nitrogen and oxygen atoms in total. The Bertz CT molecular complexity index is 966. The van der Waals surface area contributed by atoms with Gasteiger partial charge in [-0.05, 0) is 37.1 Å². The number of benzene rings is 1. The Kier molecular flexibility index (Phi) is 4.91. The molecule has 9 heteroatoms. The average molecular weight is 394 g/mol. The molecule has 2 saturated heterocycles. The molecule has 0 bridgehead atoms. The summed E-state index contributed by atoms with van der Waals surface area (Å²) in [5.74, 6) is 1.43. The van der Waals surface area contributed by atoms with Gasteiger partial charge in [0.15, 0.2) is 5.65 Å². The van der Waals surface area contributed by atoms with E-state index >= 15 is 0 Å². The van der Waals surface area contributed by atoms with Gasteiger partial charge < -0.3 is 25.6 Å². The molecule has 0 spiro atoms. The molecule has 5 rings (SSSR count). The average Bonchev–Trinajstić information content (AvgIpc) is 3.23. The molecule has 3 aromatic rings. The molecular formula is C20H26N8O. The van der Waals surface area contributed by atoms with E-state index < -0.39 is 0 Å². The summed E-state index contributed by atoms with van der Waals surface area (Å²) >= 11 is 0. The van der Waals surface area contributed by atoms with Crippen LogP contribution in [0.15, 0.2) is 30.5 Å². The first-order valence-electron chi connectivity index (χ1n) is 10.2. The van der Waals surface area contributed by atoms with Crippen molar-refractivity contribution < 1.29 is 4.74 Å². The first-order chi connectivity index (χ1) is 14.3. The number of piperidine rings is 1. The van der Waals surface area contributed by atoms with Crippen molar-refractivity contribution in [3.63, 3.8) is 0 Å². The van der Waals surface area contributed by atoms with Crippen LogP contribution in [0.1, 0.15) is 12.8 Å². The molecule has 2 aliphatic rings. The summed E-state index contributed by atoms with van der Waals surface area (Å²) in [5, 5.41) is 11.4. The molecule has 0 saturated carbocycles. The van der Waals surface area contributed by atoms with Gasteiger partial charge in [-0.2, -0.15) is 15.1 Å². The maximum Gasteiger partial charge on any atom is 0.231 e. The van der Waals surface area contributed by atoms with Gasteiger partial charge in [-0.3, -0.25) is 5.10 Å². The predicted molar refractivity (Wildman–Crippen MR) is 114 cm³/mol. The van der Waals surface area contributed by atoms with Gasteiger partial charge in [0.25, 0.3) is 0 Å². The van der Waals surface area contributed by atoms with Crippen molar-refractivity contribution in [1.82, 2.24) is 20.2 Å². The van der Waals surface area contributed by atoms with Crippen molar-refractivity contribution in [2.75, 3.05) is 54.5 Å². The van der Waals surface area contributed by atoms with E-state index in [4.69, 9.17) is 15.5 Å². The number of fused-ring (bicyclic) bond motifs is 1. The minimum atomic E-state index is 0.171. The molecule has 0 unspecified atom stereocenters. The highest BCUT2D eigenvalue weighted by molar-refractivity contribution is 5.88. The van der Waals surface area contributed by atoms with Gasteiger partial charge in [0.05, 0.1) is 24.8 Å². The zero-order valence-corrected chi connectivity index (χ0v) is 16.3. The quantitative estimate of drug-likeness (QED) is 0.615. The maximum atomic E-state index is 6.18.